The lowest BCUT2D eigenvalue weighted by Crippen LogP contribution is -2.42. The molecule has 2 atom stereocenters. The molecule has 2 unspecified atom stereocenters. The molecule has 0 spiro atoms. The number of guanidine groups is 1. The average Bonchev–Trinajstić information content (AvgIpc) is 3.11. The minimum absolute atomic E-state index is 0.485. The minimum atomic E-state index is 0.485. The number of piperidine rings is 1. The zero-order valence-corrected chi connectivity index (χ0v) is 16.9. The van der Waals surface area contributed by atoms with Gasteiger partial charge in [-0.1, -0.05) is 43.2 Å². The zero-order chi connectivity index (χ0) is 18.4. The standard InChI is InChI=1S/C22H36N4/c1-18-8-7-9-21(14-18)19(2)15-24-22(23-3)26-13-10-20(17-26)16-25-11-5-4-6-12-25/h7-9,14,19-20H,4-6,10-13,15-17H2,1-3H3,(H,23,24). The molecule has 1 aromatic rings. The van der Waals surface area contributed by atoms with Crippen LogP contribution in [-0.2, 0) is 0 Å². The van der Waals surface area contributed by atoms with Crippen LogP contribution in [0, 0.1) is 12.8 Å². The van der Waals surface area contributed by atoms with Gasteiger partial charge in [-0.3, -0.25) is 4.99 Å². The van der Waals surface area contributed by atoms with Crippen LogP contribution >= 0.6 is 0 Å². The molecule has 144 valence electrons. The Bertz CT molecular complexity index is 592. The van der Waals surface area contributed by atoms with Crippen LogP contribution in [0.5, 0.6) is 0 Å². The van der Waals surface area contributed by atoms with E-state index in [4.69, 9.17) is 0 Å². The van der Waals surface area contributed by atoms with Crippen LogP contribution in [0.3, 0.4) is 0 Å². The number of hydrogen-bond acceptors (Lipinski definition) is 2. The van der Waals surface area contributed by atoms with Crippen LogP contribution < -0.4 is 5.32 Å². The first-order valence-corrected chi connectivity index (χ1v) is 10.4. The third-order valence-electron chi connectivity index (χ3n) is 5.94. The van der Waals surface area contributed by atoms with Gasteiger partial charge in [0.05, 0.1) is 0 Å². The fourth-order valence-electron chi connectivity index (χ4n) is 4.35. The minimum Gasteiger partial charge on any atom is -0.356 e. The van der Waals surface area contributed by atoms with Gasteiger partial charge in [0.25, 0.3) is 0 Å². The Morgan fingerprint density at radius 1 is 1.23 bits per heavy atom. The van der Waals surface area contributed by atoms with Gasteiger partial charge in [0.15, 0.2) is 5.96 Å². The van der Waals surface area contributed by atoms with Gasteiger partial charge >= 0.3 is 0 Å². The van der Waals surface area contributed by atoms with Gasteiger partial charge in [-0.25, -0.2) is 0 Å². The molecule has 0 aromatic heterocycles. The van der Waals surface area contributed by atoms with Crippen LogP contribution in [-0.4, -0.2) is 62.1 Å². The van der Waals surface area contributed by atoms with E-state index in [0.29, 0.717) is 5.92 Å². The van der Waals surface area contributed by atoms with Crippen molar-refractivity contribution < 1.29 is 0 Å². The summed E-state index contributed by atoms with van der Waals surface area (Å²) in [4.78, 5) is 9.68. The largest absolute Gasteiger partial charge is 0.356 e. The zero-order valence-electron chi connectivity index (χ0n) is 16.9. The Labute approximate surface area is 159 Å². The Morgan fingerprint density at radius 2 is 2.04 bits per heavy atom. The van der Waals surface area contributed by atoms with Crippen molar-refractivity contribution in [1.29, 1.82) is 0 Å². The van der Waals surface area contributed by atoms with Crippen LogP contribution in [0.25, 0.3) is 0 Å². The molecule has 0 aliphatic carbocycles. The second kappa shape index (κ2) is 9.40. The van der Waals surface area contributed by atoms with E-state index in [1.807, 2.05) is 7.05 Å². The normalized spacial score (nSPS) is 23.3. The highest BCUT2D eigenvalue weighted by Gasteiger charge is 2.27. The maximum absolute atomic E-state index is 4.55. The molecule has 4 nitrogen and oxygen atoms in total. The highest BCUT2D eigenvalue weighted by atomic mass is 15.3. The molecule has 1 N–H and O–H groups in total. The number of rotatable bonds is 5. The highest BCUT2D eigenvalue weighted by molar-refractivity contribution is 5.80. The third-order valence-corrected chi connectivity index (χ3v) is 5.94. The first-order chi connectivity index (χ1) is 12.7. The molecule has 0 amide bonds. The second-order valence-electron chi connectivity index (χ2n) is 8.21. The molecule has 2 fully saturated rings. The van der Waals surface area contributed by atoms with Gasteiger partial charge in [-0.15, -0.1) is 0 Å². The van der Waals surface area contributed by atoms with Crippen molar-refractivity contribution in [2.24, 2.45) is 10.9 Å². The van der Waals surface area contributed by atoms with Crippen molar-refractivity contribution in [2.45, 2.75) is 45.4 Å². The maximum Gasteiger partial charge on any atom is 0.193 e. The first-order valence-electron chi connectivity index (χ1n) is 10.4. The van der Waals surface area contributed by atoms with Gasteiger partial charge < -0.3 is 15.1 Å². The van der Waals surface area contributed by atoms with Crippen LogP contribution in [0.1, 0.15) is 49.7 Å². The topological polar surface area (TPSA) is 30.9 Å². The number of likely N-dealkylation sites (tertiary alicyclic amines) is 2. The fraction of sp³-hybridized carbons (Fsp3) is 0.682. The molecule has 3 rings (SSSR count). The summed E-state index contributed by atoms with van der Waals surface area (Å²) in [5.74, 6) is 2.35. The number of nitrogens with zero attached hydrogens (tertiary/aromatic N) is 3. The summed E-state index contributed by atoms with van der Waals surface area (Å²) in [5.41, 5.74) is 2.73. The van der Waals surface area contributed by atoms with Crippen LogP contribution in [0.2, 0.25) is 0 Å². The maximum atomic E-state index is 4.55. The summed E-state index contributed by atoms with van der Waals surface area (Å²) >= 11 is 0. The van der Waals surface area contributed by atoms with E-state index < -0.39 is 0 Å². The Morgan fingerprint density at radius 3 is 2.77 bits per heavy atom. The van der Waals surface area contributed by atoms with Gasteiger partial charge in [0, 0.05) is 33.2 Å². The molecule has 0 saturated carbocycles. The number of aryl methyl sites for hydroxylation is 1. The Hall–Kier alpha value is -1.55. The summed E-state index contributed by atoms with van der Waals surface area (Å²) in [5, 5.41) is 3.62. The van der Waals surface area contributed by atoms with E-state index in [2.05, 4.69) is 58.2 Å². The summed E-state index contributed by atoms with van der Waals surface area (Å²) in [7, 11) is 1.91. The van der Waals surface area contributed by atoms with Gasteiger partial charge in [-0.05, 0) is 56.7 Å². The molecule has 2 aliphatic heterocycles. The van der Waals surface area contributed by atoms with E-state index in [1.165, 1.54) is 56.4 Å². The molecule has 0 radical (unpaired) electrons. The van der Waals surface area contributed by atoms with Crippen molar-refractivity contribution >= 4 is 5.96 Å². The summed E-state index contributed by atoms with van der Waals surface area (Å²) in [6.45, 7) is 11.5. The molecule has 4 heteroatoms. The lowest BCUT2D eigenvalue weighted by molar-refractivity contribution is 0.198. The number of benzene rings is 1. The second-order valence-corrected chi connectivity index (χ2v) is 8.21. The van der Waals surface area contributed by atoms with Crippen molar-refractivity contribution in [2.75, 3.05) is 46.3 Å². The Kier molecular flexibility index (Phi) is 6.95. The van der Waals surface area contributed by atoms with Gasteiger partial charge in [0.1, 0.15) is 0 Å². The van der Waals surface area contributed by atoms with Crippen molar-refractivity contribution in [1.82, 2.24) is 15.1 Å². The molecule has 1 aromatic carbocycles. The van der Waals surface area contributed by atoms with E-state index in [1.54, 1.807) is 0 Å². The number of aliphatic imine (C=N–C) groups is 1. The fourth-order valence-corrected chi connectivity index (χ4v) is 4.35. The lowest BCUT2D eigenvalue weighted by atomic mass is 9.99. The predicted octanol–water partition coefficient (Wildman–Crippen LogP) is 3.48. The Balaban J connectivity index is 1.46. The monoisotopic (exact) mass is 356 g/mol. The van der Waals surface area contributed by atoms with Gasteiger partial charge in [0.2, 0.25) is 0 Å². The molecule has 2 aliphatic rings. The van der Waals surface area contributed by atoms with Crippen molar-refractivity contribution in [3.05, 3.63) is 35.4 Å². The molecule has 2 saturated heterocycles. The predicted molar refractivity (Wildman–Crippen MR) is 111 cm³/mol. The molecular weight excluding hydrogens is 320 g/mol. The first kappa shape index (κ1) is 19.2. The summed E-state index contributed by atoms with van der Waals surface area (Å²) in [6.07, 6.45) is 5.49. The molecular formula is C22H36N4. The quantitative estimate of drug-likeness (QED) is 0.647. The third kappa shape index (κ3) is 5.23. The van der Waals surface area contributed by atoms with E-state index >= 15 is 0 Å². The number of nitrogens with one attached hydrogen (secondary N) is 1. The SMILES string of the molecule is CN=C(NCC(C)c1cccc(C)c1)N1CCC(CN2CCCCC2)C1. The van der Waals surface area contributed by atoms with Crippen LogP contribution in [0.4, 0.5) is 0 Å². The van der Waals surface area contributed by atoms with E-state index in [9.17, 15) is 0 Å². The summed E-state index contributed by atoms with van der Waals surface area (Å²) < 4.78 is 0. The van der Waals surface area contributed by atoms with E-state index in [-0.39, 0.29) is 0 Å². The van der Waals surface area contributed by atoms with Gasteiger partial charge in [-0.2, -0.15) is 0 Å². The molecule has 2 heterocycles. The summed E-state index contributed by atoms with van der Waals surface area (Å²) in [6, 6.07) is 8.84. The molecule has 26 heavy (non-hydrogen) atoms. The number of hydrogen-bond donors (Lipinski definition) is 1. The van der Waals surface area contributed by atoms with Crippen LogP contribution in [0.15, 0.2) is 29.3 Å². The van der Waals surface area contributed by atoms with Crippen molar-refractivity contribution in [3.8, 4) is 0 Å². The van der Waals surface area contributed by atoms with Crippen molar-refractivity contribution in [3.63, 3.8) is 0 Å². The molecule has 0 bridgehead atoms. The highest BCUT2D eigenvalue weighted by Crippen LogP contribution is 2.20. The average molecular weight is 357 g/mol. The smallest absolute Gasteiger partial charge is 0.193 e. The van der Waals surface area contributed by atoms with E-state index in [0.717, 1.165) is 31.5 Å². The lowest BCUT2D eigenvalue weighted by Gasteiger charge is -2.29.